The van der Waals surface area contributed by atoms with E-state index in [2.05, 4.69) is 15.0 Å². The van der Waals surface area contributed by atoms with Gasteiger partial charge in [-0.3, -0.25) is 19.0 Å². The Labute approximate surface area is 170 Å². The molecule has 0 spiro atoms. The highest BCUT2D eigenvalue weighted by atomic mass is 35.5. The number of carbonyl (C=O) groups excluding carboxylic acids is 3. The van der Waals surface area contributed by atoms with Crippen molar-refractivity contribution in [2.75, 3.05) is 13.2 Å². The molecule has 1 fully saturated rings. The van der Waals surface area contributed by atoms with E-state index >= 15 is 0 Å². The SMILES string of the molecule is CC(=O)OCC1C(OC(C)=O)[C@H](n2cnc3c(Cl)ncnc32)O[C@@H]1COC(C)=O. The number of nitrogens with zero attached hydrogens (tertiary/aromatic N) is 4. The maximum atomic E-state index is 11.7. The molecular formula is C17H19ClN4O7. The van der Waals surface area contributed by atoms with Crippen LogP contribution in [0.2, 0.25) is 5.15 Å². The molecule has 2 aromatic heterocycles. The highest BCUT2D eigenvalue weighted by Gasteiger charge is 2.49. The zero-order valence-corrected chi connectivity index (χ0v) is 16.7. The second kappa shape index (κ2) is 8.70. The van der Waals surface area contributed by atoms with Crippen molar-refractivity contribution in [1.82, 2.24) is 19.5 Å². The van der Waals surface area contributed by atoms with Gasteiger partial charge in [0.05, 0.1) is 12.2 Å². The molecule has 2 unspecified atom stereocenters. The Morgan fingerprint density at radius 3 is 2.41 bits per heavy atom. The largest absolute Gasteiger partial charge is 0.465 e. The number of carbonyl (C=O) groups is 3. The summed E-state index contributed by atoms with van der Waals surface area (Å²) in [5.74, 6) is -2.16. The number of esters is 3. The smallest absolute Gasteiger partial charge is 0.303 e. The summed E-state index contributed by atoms with van der Waals surface area (Å²) in [5, 5.41) is 0.156. The van der Waals surface area contributed by atoms with E-state index in [1.807, 2.05) is 0 Å². The first-order chi connectivity index (χ1) is 13.8. The van der Waals surface area contributed by atoms with Gasteiger partial charge in [-0.1, -0.05) is 11.6 Å². The average molecular weight is 427 g/mol. The van der Waals surface area contributed by atoms with Crippen molar-refractivity contribution in [3.8, 4) is 0 Å². The molecule has 0 amide bonds. The monoisotopic (exact) mass is 426 g/mol. The molecule has 4 atom stereocenters. The second-order valence-electron chi connectivity index (χ2n) is 6.40. The average Bonchev–Trinajstić information content (AvgIpc) is 3.20. The Balaban J connectivity index is 1.98. The standard InChI is InChI=1S/C17H19ClN4O7/c1-8(23)26-4-11-12(5-27-9(2)24)29-17(14(11)28-10(3)25)22-7-21-13-15(18)19-6-20-16(13)22/h6-7,11-12,14,17H,4-5H2,1-3H3/t11?,12-,14?,17-/m1/s1. The number of hydrogen-bond donors (Lipinski definition) is 0. The minimum Gasteiger partial charge on any atom is -0.465 e. The van der Waals surface area contributed by atoms with Gasteiger partial charge in [-0.2, -0.15) is 0 Å². The van der Waals surface area contributed by atoms with Gasteiger partial charge in [0.25, 0.3) is 0 Å². The van der Waals surface area contributed by atoms with Gasteiger partial charge >= 0.3 is 17.9 Å². The molecule has 3 heterocycles. The van der Waals surface area contributed by atoms with Crippen molar-refractivity contribution in [1.29, 1.82) is 0 Å². The molecule has 12 heteroatoms. The van der Waals surface area contributed by atoms with Crippen LogP contribution in [0.4, 0.5) is 0 Å². The van der Waals surface area contributed by atoms with Gasteiger partial charge in [-0.15, -0.1) is 0 Å². The van der Waals surface area contributed by atoms with Crippen LogP contribution >= 0.6 is 11.6 Å². The quantitative estimate of drug-likeness (QED) is 0.375. The van der Waals surface area contributed by atoms with Crippen LogP contribution in [0.3, 0.4) is 0 Å². The lowest BCUT2D eigenvalue weighted by molar-refractivity contribution is -0.155. The van der Waals surface area contributed by atoms with Crippen molar-refractivity contribution >= 4 is 40.7 Å². The van der Waals surface area contributed by atoms with E-state index in [0.29, 0.717) is 11.2 Å². The van der Waals surface area contributed by atoms with Gasteiger partial charge in [0, 0.05) is 20.8 Å². The van der Waals surface area contributed by atoms with Crippen LogP contribution in [0.1, 0.15) is 27.0 Å². The fraction of sp³-hybridized carbons (Fsp3) is 0.529. The Kier molecular flexibility index (Phi) is 6.28. The maximum absolute atomic E-state index is 11.7. The Morgan fingerprint density at radius 1 is 1.07 bits per heavy atom. The number of imidazole rings is 1. The maximum Gasteiger partial charge on any atom is 0.303 e. The molecule has 2 aromatic rings. The predicted octanol–water partition coefficient (Wildman–Crippen LogP) is 1.05. The van der Waals surface area contributed by atoms with E-state index in [-0.39, 0.29) is 18.4 Å². The molecule has 1 aliphatic rings. The summed E-state index contributed by atoms with van der Waals surface area (Å²) in [5.41, 5.74) is 0.714. The van der Waals surface area contributed by atoms with Gasteiger partial charge in [-0.25, -0.2) is 15.0 Å². The molecule has 1 aliphatic heterocycles. The van der Waals surface area contributed by atoms with Crippen LogP contribution in [0.25, 0.3) is 11.2 Å². The minimum atomic E-state index is -0.865. The lowest BCUT2D eigenvalue weighted by Crippen LogP contribution is -2.36. The van der Waals surface area contributed by atoms with E-state index in [1.54, 1.807) is 4.57 Å². The summed E-state index contributed by atoms with van der Waals surface area (Å²) in [6, 6.07) is 0. The normalized spacial score (nSPS) is 23.7. The summed E-state index contributed by atoms with van der Waals surface area (Å²) in [6.45, 7) is 3.57. The molecule has 1 saturated heterocycles. The molecule has 3 rings (SSSR count). The van der Waals surface area contributed by atoms with Crippen LogP contribution in [0, 0.1) is 5.92 Å². The lowest BCUT2D eigenvalue weighted by atomic mass is 9.99. The number of ether oxygens (including phenoxy) is 4. The van der Waals surface area contributed by atoms with E-state index in [0.717, 1.165) is 0 Å². The van der Waals surface area contributed by atoms with Crippen LogP contribution in [0.5, 0.6) is 0 Å². The number of aromatic nitrogens is 4. The summed E-state index contributed by atoms with van der Waals surface area (Å²) in [7, 11) is 0. The number of fused-ring (bicyclic) bond motifs is 1. The third-order valence-corrected chi connectivity index (χ3v) is 4.59. The first-order valence-electron chi connectivity index (χ1n) is 8.70. The predicted molar refractivity (Wildman–Crippen MR) is 96.6 cm³/mol. The van der Waals surface area contributed by atoms with Crippen molar-refractivity contribution in [2.45, 2.75) is 39.2 Å². The molecule has 156 valence electrons. The van der Waals surface area contributed by atoms with Crippen molar-refractivity contribution in [2.24, 2.45) is 5.92 Å². The number of halogens is 1. The molecule has 29 heavy (non-hydrogen) atoms. The van der Waals surface area contributed by atoms with Crippen LogP contribution in [0.15, 0.2) is 12.7 Å². The highest BCUT2D eigenvalue weighted by Crippen LogP contribution is 2.38. The Bertz CT molecular complexity index is 934. The molecule has 0 bridgehead atoms. The first kappa shape index (κ1) is 20.9. The Hall–Kier alpha value is -2.79. The zero-order valence-electron chi connectivity index (χ0n) is 15.9. The summed E-state index contributed by atoms with van der Waals surface area (Å²) >= 11 is 6.06. The second-order valence-corrected chi connectivity index (χ2v) is 6.75. The van der Waals surface area contributed by atoms with Crippen LogP contribution < -0.4 is 0 Å². The molecule has 0 aromatic carbocycles. The van der Waals surface area contributed by atoms with Gasteiger partial charge in [-0.05, 0) is 0 Å². The number of hydrogen-bond acceptors (Lipinski definition) is 10. The molecular weight excluding hydrogens is 408 g/mol. The summed E-state index contributed by atoms with van der Waals surface area (Å²) in [6.07, 6.45) is 0.270. The van der Waals surface area contributed by atoms with Crippen LogP contribution in [-0.2, 0) is 33.3 Å². The summed E-state index contributed by atoms with van der Waals surface area (Å²) < 4.78 is 23.3. The number of rotatable bonds is 6. The van der Waals surface area contributed by atoms with E-state index < -0.39 is 42.3 Å². The topological polar surface area (TPSA) is 132 Å². The molecule has 11 nitrogen and oxygen atoms in total. The van der Waals surface area contributed by atoms with Gasteiger partial charge in [0.1, 0.15) is 31.2 Å². The fourth-order valence-electron chi connectivity index (χ4n) is 3.13. The van der Waals surface area contributed by atoms with Crippen molar-refractivity contribution in [3.63, 3.8) is 0 Å². The van der Waals surface area contributed by atoms with Crippen LogP contribution in [-0.4, -0.2) is 62.8 Å². The van der Waals surface area contributed by atoms with Gasteiger partial charge in [0.15, 0.2) is 23.1 Å². The van der Waals surface area contributed by atoms with Gasteiger partial charge in [0.2, 0.25) is 0 Å². The molecule has 0 N–H and O–H groups in total. The first-order valence-corrected chi connectivity index (χ1v) is 9.08. The fourth-order valence-corrected chi connectivity index (χ4v) is 3.31. The van der Waals surface area contributed by atoms with Crippen molar-refractivity contribution < 1.29 is 33.3 Å². The van der Waals surface area contributed by atoms with E-state index in [1.165, 1.54) is 33.4 Å². The Morgan fingerprint density at radius 2 is 1.76 bits per heavy atom. The lowest BCUT2D eigenvalue weighted by Gasteiger charge is -2.23. The third kappa shape index (κ3) is 4.62. The molecule has 0 aliphatic carbocycles. The minimum absolute atomic E-state index is 0.0991. The zero-order chi connectivity index (χ0) is 21.1. The summed E-state index contributed by atoms with van der Waals surface area (Å²) in [4.78, 5) is 46.6. The highest BCUT2D eigenvalue weighted by molar-refractivity contribution is 6.33. The third-order valence-electron chi connectivity index (χ3n) is 4.32. The molecule has 0 saturated carbocycles. The molecule has 0 radical (unpaired) electrons. The van der Waals surface area contributed by atoms with Gasteiger partial charge < -0.3 is 18.9 Å². The van der Waals surface area contributed by atoms with E-state index in [9.17, 15) is 14.4 Å². The van der Waals surface area contributed by atoms with Crippen molar-refractivity contribution in [3.05, 3.63) is 17.8 Å². The van der Waals surface area contributed by atoms with E-state index in [4.69, 9.17) is 30.5 Å².